The molecule has 0 N–H and O–H groups in total. The molecule has 0 aliphatic carbocycles. The summed E-state index contributed by atoms with van der Waals surface area (Å²) in [7, 11) is -3.56. The second kappa shape index (κ2) is 8.12. The normalized spacial score (nSPS) is 12.2. The van der Waals surface area contributed by atoms with Gasteiger partial charge in [-0.25, -0.2) is 8.42 Å². The molecule has 0 saturated heterocycles. The molecule has 0 atom stereocenters. The van der Waals surface area contributed by atoms with Gasteiger partial charge in [-0.05, 0) is 48.9 Å². The number of aryl methyl sites for hydroxylation is 1. The fourth-order valence-electron chi connectivity index (χ4n) is 2.32. The number of halogens is 1. The predicted molar refractivity (Wildman–Crippen MR) is 110 cm³/mol. The Labute approximate surface area is 163 Å². The SMILES string of the molecule is Cc1ccc(S(=O)(=O)/C=C(/Sc2ccc(Cl)cc2)c2ccccc2)cc1. The number of hydrogen-bond acceptors (Lipinski definition) is 3. The predicted octanol–water partition coefficient (Wildman–Crippen LogP) is 6.21. The minimum Gasteiger partial charge on any atom is -0.219 e. The van der Waals surface area contributed by atoms with Gasteiger partial charge < -0.3 is 0 Å². The minimum atomic E-state index is -3.56. The van der Waals surface area contributed by atoms with Crippen molar-refractivity contribution < 1.29 is 8.42 Å². The lowest BCUT2D eigenvalue weighted by atomic mass is 10.2. The smallest absolute Gasteiger partial charge is 0.200 e. The maximum Gasteiger partial charge on any atom is 0.200 e. The number of sulfone groups is 1. The van der Waals surface area contributed by atoms with Crippen molar-refractivity contribution in [2.24, 2.45) is 0 Å². The molecule has 3 rings (SSSR count). The third-order valence-corrected chi connectivity index (χ3v) is 6.67. The van der Waals surface area contributed by atoms with E-state index in [9.17, 15) is 8.42 Å². The number of hydrogen-bond donors (Lipinski definition) is 0. The van der Waals surface area contributed by atoms with Crippen LogP contribution in [0.4, 0.5) is 0 Å². The van der Waals surface area contributed by atoms with Crippen molar-refractivity contribution >= 4 is 38.1 Å². The van der Waals surface area contributed by atoms with Gasteiger partial charge in [-0.2, -0.15) is 0 Å². The zero-order chi connectivity index (χ0) is 18.6. The quantitative estimate of drug-likeness (QED) is 0.477. The molecule has 0 heterocycles. The Balaban J connectivity index is 2.03. The zero-order valence-electron chi connectivity index (χ0n) is 14.1. The van der Waals surface area contributed by atoms with E-state index in [-0.39, 0.29) is 4.90 Å². The van der Waals surface area contributed by atoms with Crippen LogP contribution in [-0.2, 0) is 9.84 Å². The Morgan fingerprint density at radius 2 is 1.50 bits per heavy atom. The van der Waals surface area contributed by atoms with Crippen molar-refractivity contribution in [3.63, 3.8) is 0 Å². The number of rotatable bonds is 5. The summed E-state index contributed by atoms with van der Waals surface area (Å²) in [6.07, 6.45) is 0. The molecule has 3 aromatic carbocycles. The first-order valence-corrected chi connectivity index (χ1v) is 10.7. The van der Waals surface area contributed by atoms with Crippen LogP contribution in [0.2, 0.25) is 5.02 Å². The van der Waals surface area contributed by atoms with Gasteiger partial charge in [0.15, 0.2) is 0 Å². The molecule has 0 radical (unpaired) electrons. The molecular formula is C21H17ClO2S2. The van der Waals surface area contributed by atoms with Gasteiger partial charge in [0.2, 0.25) is 9.84 Å². The van der Waals surface area contributed by atoms with E-state index in [2.05, 4.69) is 0 Å². The lowest BCUT2D eigenvalue weighted by molar-refractivity contribution is 0.605. The van der Waals surface area contributed by atoms with E-state index in [1.807, 2.05) is 49.4 Å². The molecule has 0 spiro atoms. The van der Waals surface area contributed by atoms with Gasteiger partial charge in [0.25, 0.3) is 0 Å². The molecule has 0 amide bonds. The van der Waals surface area contributed by atoms with Crippen LogP contribution in [0.15, 0.2) is 94.1 Å². The Hall–Kier alpha value is -2.01. The Bertz CT molecular complexity index is 1010. The van der Waals surface area contributed by atoms with Crippen molar-refractivity contribution in [2.45, 2.75) is 16.7 Å². The van der Waals surface area contributed by atoms with Gasteiger partial charge in [-0.1, -0.05) is 71.4 Å². The molecule has 3 aromatic rings. The van der Waals surface area contributed by atoms with Crippen molar-refractivity contribution in [3.05, 3.63) is 100 Å². The van der Waals surface area contributed by atoms with E-state index in [0.29, 0.717) is 9.93 Å². The van der Waals surface area contributed by atoms with Gasteiger partial charge in [-0.15, -0.1) is 0 Å². The van der Waals surface area contributed by atoms with Crippen molar-refractivity contribution in [1.82, 2.24) is 0 Å². The van der Waals surface area contributed by atoms with Gasteiger partial charge in [0.05, 0.1) is 10.3 Å². The average Bonchev–Trinajstić information content (AvgIpc) is 2.64. The summed E-state index contributed by atoms with van der Waals surface area (Å²) in [4.78, 5) is 1.87. The molecule has 5 heteroatoms. The second-order valence-corrected chi connectivity index (χ2v) is 9.11. The van der Waals surface area contributed by atoms with E-state index in [1.54, 1.807) is 36.4 Å². The molecule has 2 nitrogen and oxygen atoms in total. The highest BCUT2D eigenvalue weighted by molar-refractivity contribution is 8.09. The highest BCUT2D eigenvalue weighted by atomic mass is 35.5. The van der Waals surface area contributed by atoms with Crippen LogP contribution in [0.5, 0.6) is 0 Å². The highest BCUT2D eigenvalue weighted by Gasteiger charge is 2.15. The molecule has 26 heavy (non-hydrogen) atoms. The van der Waals surface area contributed by atoms with Gasteiger partial charge in [0.1, 0.15) is 0 Å². The van der Waals surface area contributed by atoms with Crippen LogP contribution in [0.1, 0.15) is 11.1 Å². The number of benzene rings is 3. The summed E-state index contributed by atoms with van der Waals surface area (Å²) >= 11 is 7.34. The van der Waals surface area contributed by atoms with Crippen molar-refractivity contribution in [2.75, 3.05) is 0 Å². The summed E-state index contributed by atoms with van der Waals surface area (Å²) in [6.45, 7) is 1.93. The monoisotopic (exact) mass is 400 g/mol. The summed E-state index contributed by atoms with van der Waals surface area (Å²) in [5, 5.41) is 1.98. The highest BCUT2D eigenvalue weighted by Crippen LogP contribution is 2.36. The van der Waals surface area contributed by atoms with Crippen LogP contribution in [0, 0.1) is 6.92 Å². The molecule has 0 saturated carbocycles. The van der Waals surface area contributed by atoms with E-state index in [4.69, 9.17) is 11.6 Å². The fourth-order valence-corrected chi connectivity index (χ4v) is 4.87. The van der Waals surface area contributed by atoms with E-state index in [0.717, 1.165) is 16.0 Å². The van der Waals surface area contributed by atoms with Crippen LogP contribution < -0.4 is 0 Å². The molecule has 0 fully saturated rings. The molecule has 0 bridgehead atoms. The molecule has 0 aliphatic rings. The molecule has 0 aliphatic heterocycles. The Morgan fingerprint density at radius 3 is 2.12 bits per heavy atom. The first-order chi connectivity index (χ1) is 12.4. The van der Waals surface area contributed by atoms with Gasteiger partial charge in [-0.3, -0.25) is 0 Å². The van der Waals surface area contributed by atoms with E-state index < -0.39 is 9.84 Å². The zero-order valence-corrected chi connectivity index (χ0v) is 16.5. The fraction of sp³-hybridized carbons (Fsp3) is 0.0476. The molecule has 132 valence electrons. The van der Waals surface area contributed by atoms with Crippen LogP contribution in [-0.4, -0.2) is 8.42 Å². The van der Waals surface area contributed by atoms with E-state index in [1.165, 1.54) is 17.2 Å². The Kier molecular flexibility index (Phi) is 5.87. The maximum atomic E-state index is 12.9. The second-order valence-electron chi connectivity index (χ2n) is 5.76. The average molecular weight is 401 g/mol. The van der Waals surface area contributed by atoms with Gasteiger partial charge >= 0.3 is 0 Å². The third-order valence-electron chi connectivity index (χ3n) is 3.71. The van der Waals surface area contributed by atoms with Gasteiger partial charge in [0, 0.05) is 14.8 Å². The largest absolute Gasteiger partial charge is 0.219 e. The van der Waals surface area contributed by atoms with E-state index >= 15 is 0 Å². The minimum absolute atomic E-state index is 0.285. The van der Waals surface area contributed by atoms with Crippen LogP contribution >= 0.6 is 23.4 Å². The summed E-state index contributed by atoms with van der Waals surface area (Å²) in [5.41, 5.74) is 1.87. The summed E-state index contributed by atoms with van der Waals surface area (Å²) in [5.74, 6) is 0. The van der Waals surface area contributed by atoms with Crippen LogP contribution in [0.3, 0.4) is 0 Å². The molecule has 0 unspecified atom stereocenters. The molecular weight excluding hydrogens is 384 g/mol. The maximum absolute atomic E-state index is 12.9. The third kappa shape index (κ3) is 4.79. The lowest BCUT2D eigenvalue weighted by Gasteiger charge is -2.09. The summed E-state index contributed by atoms with van der Waals surface area (Å²) < 4.78 is 25.7. The van der Waals surface area contributed by atoms with Crippen molar-refractivity contribution in [1.29, 1.82) is 0 Å². The van der Waals surface area contributed by atoms with Crippen molar-refractivity contribution in [3.8, 4) is 0 Å². The lowest BCUT2D eigenvalue weighted by Crippen LogP contribution is -1.97. The summed E-state index contributed by atoms with van der Waals surface area (Å²) in [6, 6.07) is 23.7. The Morgan fingerprint density at radius 1 is 0.885 bits per heavy atom. The molecule has 0 aromatic heterocycles. The number of thioether (sulfide) groups is 1. The topological polar surface area (TPSA) is 34.1 Å². The standard InChI is InChI=1S/C21H17ClO2S2/c1-16-7-13-20(14-8-16)26(23,24)15-21(17-5-3-2-4-6-17)25-19-11-9-18(22)10-12-19/h2-15H,1H3/b21-15+. The van der Waals surface area contributed by atoms with Crippen LogP contribution in [0.25, 0.3) is 4.91 Å². The first kappa shape index (κ1) is 18.8. The first-order valence-electron chi connectivity index (χ1n) is 7.96.